The fourth-order valence-corrected chi connectivity index (χ4v) is 4.23. The average Bonchev–Trinajstić information content (AvgIpc) is 3.15. The molecule has 0 saturated carbocycles. The molecule has 6 nitrogen and oxygen atoms in total. The third-order valence-electron chi connectivity index (χ3n) is 3.40. The first-order chi connectivity index (χ1) is 11.0. The molecule has 2 aromatic rings. The maximum absolute atomic E-state index is 14.3. The van der Waals surface area contributed by atoms with Gasteiger partial charge in [-0.05, 0) is 25.1 Å². The van der Waals surface area contributed by atoms with Gasteiger partial charge >= 0.3 is 0 Å². The van der Waals surface area contributed by atoms with E-state index in [4.69, 9.17) is 11.6 Å². The Labute approximate surface area is 142 Å². The minimum atomic E-state index is -4.09. The molecule has 1 fully saturated rings. The highest BCUT2D eigenvalue weighted by molar-refractivity contribution is 7.92. The van der Waals surface area contributed by atoms with Gasteiger partial charge in [-0.3, -0.25) is 4.72 Å². The molecule has 124 valence electrons. The summed E-state index contributed by atoms with van der Waals surface area (Å²) in [6.07, 6.45) is 0.892. The van der Waals surface area contributed by atoms with Gasteiger partial charge in [0.15, 0.2) is 5.82 Å². The zero-order valence-electron chi connectivity index (χ0n) is 11.8. The van der Waals surface area contributed by atoms with E-state index in [1.807, 2.05) is 0 Å². The van der Waals surface area contributed by atoms with Gasteiger partial charge in [0.25, 0.3) is 10.0 Å². The fourth-order valence-electron chi connectivity index (χ4n) is 2.30. The normalized spacial score (nSPS) is 18.1. The molecule has 3 rings (SSSR count). The maximum Gasteiger partial charge on any atom is 0.266 e. The van der Waals surface area contributed by atoms with Crippen molar-refractivity contribution in [2.24, 2.45) is 0 Å². The number of hydrogen-bond acceptors (Lipinski definition) is 6. The highest BCUT2D eigenvalue weighted by atomic mass is 35.5. The van der Waals surface area contributed by atoms with Crippen molar-refractivity contribution in [2.75, 3.05) is 23.1 Å². The maximum atomic E-state index is 14.3. The largest absolute Gasteiger partial charge is 0.380 e. The minimum Gasteiger partial charge on any atom is -0.380 e. The van der Waals surface area contributed by atoms with E-state index in [1.54, 1.807) is 0 Å². The van der Waals surface area contributed by atoms with E-state index >= 15 is 0 Å². The van der Waals surface area contributed by atoms with E-state index < -0.39 is 20.7 Å². The number of halogens is 2. The molecule has 0 aliphatic carbocycles. The van der Waals surface area contributed by atoms with E-state index in [0.717, 1.165) is 31.6 Å². The van der Waals surface area contributed by atoms with Gasteiger partial charge < -0.3 is 10.6 Å². The van der Waals surface area contributed by atoms with Crippen LogP contribution in [0.15, 0.2) is 27.9 Å². The second kappa shape index (κ2) is 6.60. The summed E-state index contributed by atoms with van der Waals surface area (Å²) in [5.74, 6) is -0.727. The van der Waals surface area contributed by atoms with Gasteiger partial charge in [-0.2, -0.15) is 0 Å². The number of nitrogens with zero attached hydrogens (tertiary/aromatic N) is 1. The van der Waals surface area contributed by atoms with E-state index in [1.165, 1.54) is 22.2 Å². The number of sulfonamides is 1. The monoisotopic (exact) mass is 376 g/mol. The summed E-state index contributed by atoms with van der Waals surface area (Å²) in [7, 11) is -4.09. The summed E-state index contributed by atoms with van der Waals surface area (Å²) in [6.45, 7) is 1.63. The molecule has 1 aliphatic heterocycles. The Kier molecular flexibility index (Phi) is 4.72. The second-order valence-electron chi connectivity index (χ2n) is 5.08. The molecule has 1 saturated heterocycles. The van der Waals surface area contributed by atoms with Crippen molar-refractivity contribution in [3.05, 3.63) is 33.9 Å². The number of anilines is 2. The van der Waals surface area contributed by atoms with Crippen molar-refractivity contribution in [1.82, 2.24) is 10.3 Å². The summed E-state index contributed by atoms with van der Waals surface area (Å²) < 4.78 is 41.0. The predicted octanol–water partition coefficient (Wildman–Crippen LogP) is 2.51. The molecule has 0 radical (unpaired) electrons. The molecule has 2 heterocycles. The molecule has 1 atom stereocenters. The Balaban J connectivity index is 1.86. The van der Waals surface area contributed by atoms with Crippen molar-refractivity contribution < 1.29 is 12.8 Å². The number of benzene rings is 1. The van der Waals surface area contributed by atoms with Crippen molar-refractivity contribution in [3.8, 4) is 0 Å². The van der Waals surface area contributed by atoms with Gasteiger partial charge in [0.05, 0.1) is 16.2 Å². The smallest absolute Gasteiger partial charge is 0.266 e. The first-order valence-electron chi connectivity index (χ1n) is 6.83. The van der Waals surface area contributed by atoms with E-state index in [-0.39, 0.29) is 16.9 Å². The van der Waals surface area contributed by atoms with Crippen LogP contribution in [-0.4, -0.2) is 32.5 Å². The van der Waals surface area contributed by atoms with Crippen molar-refractivity contribution in [1.29, 1.82) is 0 Å². The number of hydrogen-bond donors (Lipinski definition) is 3. The van der Waals surface area contributed by atoms with Crippen LogP contribution in [0.5, 0.6) is 0 Å². The molecule has 3 N–H and O–H groups in total. The van der Waals surface area contributed by atoms with Gasteiger partial charge in [-0.15, -0.1) is 11.3 Å². The Morgan fingerprint density at radius 3 is 2.91 bits per heavy atom. The van der Waals surface area contributed by atoms with Crippen LogP contribution in [0.1, 0.15) is 6.42 Å². The Bertz CT molecular complexity index is 793. The van der Waals surface area contributed by atoms with Crippen LogP contribution in [0.4, 0.5) is 15.9 Å². The van der Waals surface area contributed by atoms with Gasteiger partial charge in [0.2, 0.25) is 0 Å². The molecular weight excluding hydrogens is 363 g/mol. The molecule has 0 unspecified atom stereocenters. The molecule has 10 heteroatoms. The van der Waals surface area contributed by atoms with Crippen LogP contribution in [0.25, 0.3) is 0 Å². The number of rotatable bonds is 5. The van der Waals surface area contributed by atoms with Crippen LogP contribution in [0.3, 0.4) is 0 Å². The van der Waals surface area contributed by atoms with Crippen molar-refractivity contribution >= 4 is 44.5 Å². The van der Waals surface area contributed by atoms with Crippen molar-refractivity contribution in [2.45, 2.75) is 17.4 Å². The van der Waals surface area contributed by atoms with Crippen LogP contribution < -0.4 is 15.4 Å². The molecule has 1 aromatic carbocycles. The molecule has 0 amide bonds. The number of aromatic nitrogens is 1. The molecule has 23 heavy (non-hydrogen) atoms. The lowest BCUT2D eigenvalue weighted by Crippen LogP contribution is -2.22. The van der Waals surface area contributed by atoms with E-state index in [9.17, 15) is 12.8 Å². The second-order valence-corrected chi connectivity index (χ2v) is 7.85. The molecule has 1 aromatic heterocycles. The Morgan fingerprint density at radius 1 is 1.43 bits per heavy atom. The number of thiazole rings is 1. The average molecular weight is 377 g/mol. The van der Waals surface area contributed by atoms with Gasteiger partial charge in [-0.1, -0.05) is 11.6 Å². The summed E-state index contributed by atoms with van der Waals surface area (Å²) in [6, 6.07) is 2.36. The first kappa shape index (κ1) is 16.4. The lowest BCUT2D eigenvalue weighted by molar-refractivity contribution is 0.570. The SMILES string of the molecule is O=S(=O)(Nc1cscn1)c1cc(Cl)c(N[C@H]2CCNC2)cc1F. The molecular formula is C13H14ClFN4O2S2. The van der Waals surface area contributed by atoms with Gasteiger partial charge in [-0.25, -0.2) is 17.8 Å². The highest BCUT2D eigenvalue weighted by Gasteiger charge is 2.23. The molecule has 0 spiro atoms. The number of nitrogens with one attached hydrogen (secondary N) is 3. The van der Waals surface area contributed by atoms with E-state index in [2.05, 4.69) is 20.3 Å². The third kappa shape index (κ3) is 3.74. The fraction of sp³-hybridized carbons (Fsp3) is 0.308. The zero-order chi connectivity index (χ0) is 16.4. The standard InChI is InChI=1S/C13H14ClFN4O2S2/c14-9-3-12(23(20,21)19-13-6-22-7-17-13)10(15)4-11(9)18-8-1-2-16-5-8/h3-4,6-8,16,18-19H,1-2,5H2/t8-/m0/s1. The minimum absolute atomic E-state index is 0.141. The summed E-state index contributed by atoms with van der Waals surface area (Å²) in [5, 5.41) is 7.95. The zero-order valence-corrected chi connectivity index (χ0v) is 14.2. The first-order valence-corrected chi connectivity index (χ1v) is 9.63. The Hall–Kier alpha value is -1.42. The molecule has 0 bridgehead atoms. The van der Waals surface area contributed by atoms with Crippen LogP contribution in [0.2, 0.25) is 5.02 Å². The molecule has 1 aliphatic rings. The lowest BCUT2D eigenvalue weighted by atomic mass is 10.2. The Morgan fingerprint density at radius 2 is 2.26 bits per heavy atom. The summed E-state index contributed by atoms with van der Waals surface area (Å²) in [4.78, 5) is 3.31. The van der Waals surface area contributed by atoms with Crippen LogP contribution >= 0.6 is 22.9 Å². The lowest BCUT2D eigenvalue weighted by Gasteiger charge is -2.16. The van der Waals surface area contributed by atoms with E-state index in [0.29, 0.717) is 5.69 Å². The highest BCUT2D eigenvalue weighted by Crippen LogP contribution is 2.30. The third-order valence-corrected chi connectivity index (χ3v) is 5.67. The van der Waals surface area contributed by atoms with Crippen molar-refractivity contribution in [3.63, 3.8) is 0 Å². The quantitative estimate of drug-likeness (QED) is 0.746. The van der Waals surface area contributed by atoms with Gasteiger partial charge in [0, 0.05) is 18.0 Å². The summed E-state index contributed by atoms with van der Waals surface area (Å²) in [5.41, 5.74) is 1.86. The van der Waals surface area contributed by atoms with Gasteiger partial charge in [0.1, 0.15) is 10.7 Å². The van der Waals surface area contributed by atoms with Crippen LogP contribution in [0, 0.1) is 5.82 Å². The summed E-state index contributed by atoms with van der Waals surface area (Å²) >= 11 is 7.34. The van der Waals surface area contributed by atoms with Crippen LogP contribution in [-0.2, 0) is 10.0 Å². The topological polar surface area (TPSA) is 83.1 Å². The predicted molar refractivity (Wildman–Crippen MR) is 89.2 cm³/mol.